The summed E-state index contributed by atoms with van der Waals surface area (Å²) in [5, 5.41) is 13.7. The molecule has 30 heavy (non-hydrogen) atoms. The number of fused-ring (bicyclic) bond motifs is 2. The van der Waals surface area contributed by atoms with Crippen molar-refractivity contribution in [3.63, 3.8) is 0 Å². The van der Waals surface area contributed by atoms with Gasteiger partial charge < -0.3 is 29.5 Å². The van der Waals surface area contributed by atoms with E-state index in [4.69, 9.17) is 14.2 Å². The number of benzene rings is 3. The lowest BCUT2D eigenvalue weighted by Crippen LogP contribution is -2.42. The van der Waals surface area contributed by atoms with Gasteiger partial charge in [0.1, 0.15) is 6.17 Å². The Morgan fingerprint density at radius 3 is 2.77 bits per heavy atom. The number of anilines is 1. The summed E-state index contributed by atoms with van der Waals surface area (Å²) < 4.78 is 16.0. The fourth-order valence-electron chi connectivity index (χ4n) is 3.83. The SMILES string of the molecule is COc1ccc(C2Nc3ccccc3C(=O)N2Cc2ccc3c(c2)OCO3)cc1O. The van der Waals surface area contributed by atoms with Crippen molar-refractivity contribution in [2.75, 3.05) is 19.2 Å². The van der Waals surface area contributed by atoms with Crippen molar-refractivity contribution < 1.29 is 24.1 Å². The lowest BCUT2D eigenvalue weighted by molar-refractivity contribution is 0.0666. The molecule has 2 heterocycles. The van der Waals surface area contributed by atoms with Crippen LogP contribution in [-0.4, -0.2) is 29.8 Å². The van der Waals surface area contributed by atoms with E-state index in [9.17, 15) is 9.90 Å². The third kappa shape index (κ3) is 3.04. The molecule has 3 aromatic carbocycles. The zero-order valence-electron chi connectivity index (χ0n) is 16.3. The van der Waals surface area contributed by atoms with Crippen LogP contribution in [0.2, 0.25) is 0 Å². The van der Waals surface area contributed by atoms with Gasteiger partial charge in [0, 0.05) is 12.2 Å². The number of rotatable bonds is 4. The van der Waals surface area contributed by atoms with Crippen molar-refractivity contribution in [2.24, 2.45) is 0 Å². The van der Waals surface area contributed by atoms with Crippen molar-refractivity contribution in [1.82, 2.24) is 4.90 Å². The second-order valence-electron chi connectivity index (χ2n) is 7.14. The van der Waals surface area contributed by atoms with E-state index < -0.39 is 6.17 Å². The van der Waals surface area contributed by atoms with E-state index in [-0.39, 0.29) is 18.4 Å². The molecule has 5 rings (SSSR count). The molecule has 0 fully saturated rings. The number of carbonyl (C=O) groups is 1. The van der Waals surface area contributed by atoms with Crippen LogP contribution >= 0.6 is 0 Å². The maximum absolute atomic E-state index is 13.4. The summed E-state index contributed by atoms with van der Waals surface area (Å²) >= 11 is 0. The van der Waals surface area contributed by atoms with Crippen molar-refractivity contribution in [1.29, 1.82) is 0 Å². The van der Waals surface area contributed by atoms with E-state index >= 15 is 0 Å². The van der Waals surface area contributed by atoms with Crippen molar-refractivity contribution >= 4 is 11.6 Å². The molecule has 3 aromatic rings. The highest BCUT2D eigenvalue weighted by Gasteiger charge is 2.33. The minimum atomic E-state index is -0.463. The van der Waals surface area contributed by atoms with E-state index in [1.54, 1.807) is 23.1 Å². The maximum Gasteiger partial charge on any atom is 0.258 e. The number of ether oxygens (including phenoxy) is 3. The summed E-state index contributed by atoms with van der Waals surface area (Å²) in [5.41, 5.74) is 3.02. The summed E-state index contributed by atoms with van der Waals surface area (Å²) in [6.45, 7) is 0.554. The molecular formula is C23H20N2O5. The molecule has 0 aliphatic carbocycles. The number of para-hydroxylation sites is 1. The Morgan fingerprint density at radius 1 is 1.10 bits per heavy atom. The van der Waals surface area contributed by atoms with Crippen molar-refractivity contribution in [2.45, 2.75) is 12.7 Å². The van der Waals surface area contributed by atoms with Gasteiger partial charge in [-0.3, -0.25) is 4.79 Å². The second-order valence-corrected chi connectivity index (χ2v) is 7.14. The molecule has 152 valence electrons. The summed E-state index contributed by atoms with van der Waals surface area (Å²) in [6, 6.07) is 18.2. The smallest absolute Gasteiger partial charge is 0.258 e. The normalized spacial score (nSPS) is 16.8. The molecule has 0 bridgehead atoms. The summed E-state index contributed by atoms with van der Waals surface area (Å²) in [4.78, 5) is 15.1. The van der Waals surface area contributed by atoms with Gasteiger partial charge in [0.2, 0.25) is 6.79 Å². The molecule has 2 aliphatic rings. The van der Waals surface area contributed by atoms with E-state index in [1.807, 2.05) is 42.5 Å². The summed E-state index contributed by atoms with van der Waals surface area (Å²) in [7, 11) is 1.50. The highest BCUT2D eigenvalue weighted by molar-refractivity contribution is 6.01. The Morgan fingerprint density at radius 2 is 1.93 bits per heavy atom. The molecule has 1 atom stereocenters. The lowest BCUT2D eigenvalue weighted by Gasteiger charge is -2.38. The van der Waals surface area contributed by atoms with Gasteiger partial charge >= 0.3 is 0 Å². The van der Waals surface area contributed by atoms with Gasteiger partial charge in [0.15, 0.2) is 23.0 Å². The third-order valence-corrected chi connectivity index (χ3v) is 5.33. The highest BCUT2D eigenvalue weighted by Crippen LogP contribution is 2.38. The molecule has 2 N–H and O–H groups in total. The summed E-state index contributed by atoms with van der Waals surface area (Å²) in [6.07, 6.45) is -0.463. The number of nitrogens with one attached hydrogen (secondary N) is 1. The van der Waals surface area contributed by atoms with Crippen LogP contribution < -0.4 is 19.5 Å². The second kappa shape index (κ2) is 7.18. The average molecular weight is 404 g/mol. The largest absolute Gasteiger partial charge is 0.504 e. The van der Waals surface area contributed by atoms with Crippen LogP contribution in [0.25, 0.3) is 0 Å². The fourth-order valence-corrected chi connectivity index (χ4v) is 3.83. The van der Waals surface area contributed by atoms with E-state index in [1.165, 1.54) is 7.11 Å². The van der Waals surface area contributed by atoms with Gasteiger partial charge in [-0.05, 0) is 47.5 Å². The van der Waals surface area contributed by atoms with Gasteiger partial charge in [-0.1, -0.05) is 24.3 Å². The number of carbonyl (C=O) groups excluding carboxylic acids is 1. The van der Waals surface area contributed by atoms with Gasteiger partial charge in [0.05, 0.1) is 12.7 Å². The first-order valence-electron chi connectivity index (χ1n) is 9.56. The first-order valence-corrected chi connectivity index (χ1v) is 9.56. The topological polar surface area (TPSA) is 80.3 Å². The number of methoxy groups -OCH3 is 1. The minimum absolute atomic E-state index is 0.0196. The van der Waals surface area contributed by atoms with Crippen LogP contribution in [0.1, 0.15) is 27.7 Å². The maximum atomic E-state index is 13.4. The first-order chi connectivity index (χ1) is 14.6. The molecule has 7 heteroatoms. The van der Waals surface area contributed by atoms with Crippen molar-refractivity contribution in [3.05, 3.63) is 77.4 Å². The Hall–Kier alpha value is -3.87. The Bertz CT molecular complexity index is 1130. The monoisotopic (exact) mass is 404 g/mol. The van der Waals surface area contributed by atoms with E-state index in [2.05, 4.69) is 5.32 Å². The number of phenolic OH excluding ortho intramolecular Hbond substituents is 1. The number of amides is 1. The molecule has 2 aliphatic heterocycles. The van der Waals surface area contributed by atoms with Gasteiger partial charge in [-0.25, -0.2) is 0 Å². The molecule has 1 unspecified atom stereocenters. The minimum Gasteiger partial charge on any atom is -0.504 e. The molecule has 0 spiro atoms. The fraction of sp³-hybridized carbons (Fsp3) is 0.174. The molecule has 0 radical (unpaired) electrons. The van der Waals surface area contributed by atoms with Gasteiger partial charge in [-0.15, -0.1) is 0 Å². The zero-order chi connectivity index (χ0) is 20.7. The van der Waals surface area contributed by atoms with Crippen LogP contribution in [0.5, 0.6) is 23.0 Å². The van der Waals surface area contributed by atoms with Crippen LogP contribution in [-0.2, 0) is 6.54 Å². The first kappa shape index (κ1) is 18.2. The number of aromatic hydroxyl groups is 1. The van der Waals surface area contributed by atoms with Gasteiger partial charge in [-0.2, -0.15) is 0 Å². The lowest BCUT2D eigenvalue weighted by atomic mass is 10.0. The molecular weight excluding hydrogens is 384 g/mol. The molecule has 0 saturated carbocycles. The third-order valence-electron chi connectivity index (χ3n) is 5.33. The Balaban J connectivity index is 1.54. The predicted molar refractivity (Wildman–Crippen MR) is 110 cm³/mol. The standard InChI is InChI=1S/C23H20N2O5/c1-28-19-9-7-15(11-18(19)26)22-24-17-5-3-2-4-16(17)23(27)25(22)12-14-6-8-20-21(10-14)30-13-29-20/h2-11,22,24,26H,12-13H2,1H3. The molecule has 0 aromatic heterocycles. The Labute approximate surface area is 173 Å². The van der Waals surface area contributed by atoms with Gasteiger partial charge in [0.25, 0.3) is 5.91 Å². The average Bonchev–Trinajstić information content (AvgIpc) is 3.23. The Kier molecular flexibility index (Phi) is 4.35. The number of hydrogen-bond acceptors (Lipinski definition) is 6. The van der Waals surface area contributed by atoms with Crippen LogP contribution in [0.4, 0.5) is 5.69 Å². The quantitative estimate of drug-likeness (QED) is 0.687. The number of phenols is 1. The molecule has 0 saturated heterocycles. The van der Waals surface area contributed by atoms with Crippen LogP contribution in [0.15, 0.2) is 60.7 Å². The van der Waals surface area contributed by atoms with E-state index in [0.717, 1.165) is 16.8 Å². The zero-order valence-corrected chi connectivity index (χ0v) is 16.3. The van der Waals surface area contributed by atoms with Crippen LogP contribution in [0, 0.1) is 0 Å². The van der Waals surface area contributed by atoms with Crippen molar-refractivity contribution in [3.8, 4) is 23.0 Å². The highest BCUT2D eigenvalue weighted by atomic mass is 16.7. The summed E-state index contributed by atoms with van der Waals surface area (Å²) in [5.74, 6) is 1.67. The number of hydrogen-bond donors (Lipinski definition) is 2. The molecule has 1 amide bonds. The number of nitrogens with zero attached hydrogens (tertiary/aromatic N) is 1. The predicted octanol–water partition coefficient (Wildman–Crippen LogP) is 3.90. The van der Waals surface area contributed by atoms with E-state index in [0.29, 0.717) is 29.4 Å². The van der Waals surface area contributed by atoms with Crippen LogP contribution in [0.3, 0.4) is 0 Å². The molecule has 7 nitrogen and oxygen atoms in total.